The van der Waals surface area contributed by atoms with E-state index in [0.29, 0.717) is 25.5 Å². The van der Waals surface area contributed by atoms with Crippen LogP contribution in [0.5, 0.6) is 5.88 Å². The number of benzene rings is 1. The lowest BCUT2D eigenvalue weighted by molar-refractivity contribution is -0.384. The van der Waals surface area contributed by atoms with Gasteiger partial charge in [0, 0.05) is 57.1 Å². The molecule has 1 aromatic heterocycles. The number of nitro groups is 1. The Kier molecular flexibility index (Phi) is 6.17. The van der Waals surface area contributed by atoms with Crippen LogP contribution in [-0.4, -0.2) is 58.9 Å². The topological polar surface area (TPSA) is 115 Å². The molecule has 1 fully saturated rings. The molecule has 9 nitrogen and oxygen atoms in total. The number of hydrogen-bond acceptors (Lipinski definition) is 7. The van der Waals surface area contributed by atoms with Crippen LogP contribution < -0.4 is 10.5 Å². The number of nitrogens with zero attached hydrogens (tertiary/aromatic N) is 4. The molecule has 3 rings (SSSR count). The van der Waals surface area contributed by atoms with Gasteiger partial charge in [0.15, 0.2) is 0 Å². The zero-order valence-corrected chi connectivity index (χ0v) is 15.7. The smallest absolute Gasteiger partial charge is 0.269 e. The summed E-state index contributed by atoms with van der Waals surface area (Å²) in [6, 6.07) is 9.59. The molecule has 2 N–H and O–H groups in total. The predicted octanol–water partition coefficient (Wildman–Crippen LogP) is 1.34. The fourth-order valence-electron chi connectivity index (χ4n) is 3.39. The third-order valence-electron chi connectivity index (χ3n) is 4.88. The molecular formula is C19H23N5O4. The lowest BCUT2D eigenvalue weighted by Gasteiger charge is -2.38. The van der Waals surface area contributed by atoms with E-state index in [-0.39, 0.29) is 5.69 Å². The number of methoxy groups -OCH3 is 1. The quantitative estimate of drug-likeness (QED) is 0.565. The first kappa shape index (κ1) is 19.7. The van der Waals surface area contributed by atoms with Gasteiger partial charge in [-0.2, -0.15) is 0 Å². The largest absolute Gasteiger partial charge is 0.481 e. The first-order valence-corrected chi connectivity index (χ1v) is 8.97. The predicted molar refractivity (Wildman–Crippen MR) is 103 cm³/mol. The van der Waals surface area contributed by atoms with Gasteiger partial charge in [0.25, 0.3) is 5.69 Å². The number of carbonyl (C=O) groups is 1. The molecule has 28 heavy (non-hydrogen) atoms. The Morgan fingerprint density at radius 3 is 2.39 bits per heavy atom. The molecule has 0 aliphatic carbocycles. The van der Waals surface area contributed by atoms with E-state index in [1.54, 1.807) is 24.4 Å². The van der Waals surface area contributed by atoms with Crippen molar-refractivity contribution in [2.45, 2.75) is 12.6 Å². The Balaban J connectivity index is 1.60. The third kappa shape index (κ3) is 4.62. The summed E-state index contributed by atoms with van der Waals surface area (Å²) < 4.78 is 5.06. The summed E-state index contributed by atoms with van der Waals surface area (Å²) >= 11 is 0. The van der Waals surface area contributed by atoms with Crippen LogP contribution in [0.3, 0.4) is 0 Å². The SMILES string of the molecule is COc1ccc(C(C(N)=O)N2CCN(Cc3ccc([N+](=O)[O-])cc3)CC2)cn1. The first-order chi connectivity index (χ1) is 13.5. The third-order valence-corrected chi connectivity index (χ3v) is 4.88. The number of primary amides is 1. The summed E-state index contributed by atoms with van der Waals surface area (Å²) in [5, 5.41) is 10.8. The number of rotatable bonds is 7. The number of amides is 1. The van der Waals surface area contributed by atoms with Gasteiger partial charge in [-0.3, -0.25) is 24.7 Å². The summed E-state index contributed by atoms with van der Waals surface area (Å²) in [6.45, 7) is 3.62. The fourth-order valence-corrected chi connectivity index (χ4v) is 3.39. The minimum absolute atomic E-state index is 0.0889. The maximum Gasteiger partial charge on any atom is 0.269 e. The zero-order valence-electron chi connectivity index (χ0n) is 15.7. The molecule has 0 spiro atoms. The second-order valence-electron chi connectivity index (χ2n) is 6.67. The summed E-state index contributed by atoms with van der Waals surface area (Å²) in [6.07, 6.45) is 1.62. The summed E-state index contributed by atoms with van der Waals surface area (Å²) in [5.74, 6) is 0.0793. The van der Waals surface area contributed by atoms with E-state index in [1.807, 2.05) is 6.07 Å². The Labute approximate surface area is 162 Å². The summed E-state index contributed by atoms with van der Waals surface area (Å²) in [7, 11) is 1.54. The van der Waals surface area contributed by atoms with Gasteiger partial charge < -0.3 is 10.5 Å². The molecule has 2 heterocycles. The Bertz CT molecular complexity index is 817. The van der Waals surface area contributed by atoms with Crippen molar-refractivity contribution in [1.82, 2.24) is 14.8 Å². The zero-order chi connectivity index (χ0) is 20.1. The van der Waals surface area contributed by atoms with Gasteiger partial charge in [-0.05, 0) is 11.1 Å². The molecule has 9 heteroatoms. The van der Waals surface area contributed by atoms with Crippen LogP contribution in [0.2, 0.25) is 0 Å². The number of carbonyl (C=O) groups excluding carboxylic acids is 1. The monoisotopic (exact) mass is 385 g/mol. The standard InChI is InChI=1S/C19H23N5O4/c1-28-17-7-4-15(12-21-17)18(19(20)25)23-10-8-22(9-11-23)13-14-2-5-16(6-3-14)24(26)27/h2-7,12,18H,8-11,13H2,1H3,(H2,20,25). The minimum Gasteiger partial charge on any atom is -0.481 e. The maximum absolute atomic E-state index is 12.1. The molecule has 1 saturated heterocycles. The van der Waals surface area contributed by atoms with Crippen molar-refractivity contribution < 1.29 is 14.5 Å². The van der Waals surface area contributed by atoms with Crippen molar-refractivity contribution >= 4 is 11.6 Å². The number of non-ortho nitro benzene ring substituents is 1. The van der Waals surface area contributed by atoms with E-state index >= 15 is 0 Å². The van der Waals surface area contributed by atoms with Gasteiger partial charge in [0.1, 0.15) is 6.04 Å². The number of hydrogen-bond donors (Lipinski definition) is 1. The van der Waals surface area contributed by atoms with Gasteiger partial charge in [-0.15, -0.1) is 0 Å². The van der Waals surface area contributed by atoms with Crippen LogP contribution in [-0.2, 0) is 11.3 Å². The average molecular weight is 385 g/mol. The maximum atomic E-state index is 12.1. The van der Waals surface area contributed by atoms with Crippen molar-refractivity contribution in [3.8, 4) is 5.88 Å². The van der Waals surface area contributed by atoms with Crippen LogP contribution >= 0.6 is 0 Å². The second kappa shape index (κ2) is 8.77. The van der Waals surface area contributed by atoms with Crippen LogP contribution in [0.15, 0.2) is 42.6 Å². The highest BCUT2D eigenvalue weighted by molar-refractivity contribution is 5.81. The highest BCUT2D eigenvalue weighted by Crippen LogP contribution is 2.23. The number of nitro benzene ring substituents is 1. The van der Waals surface area contributed by atoms with Gasteiger partial charge >= 0.3 is 0 Å². The van der Waals surface area contributed by atoms with Gasteiger partial charge in [-0.1, -0.05) is 18.2 Å². The van der Waals surface area contributed by atoms with Crippen LogP contribution in [0.25, 0.3) is 0 Å². The highest BCUT2D eigenvalue weighted by Gasteiger charge is 2.29. The molecule has 1 atom stereocenters. The number of nitrogens with two attached hydrogens (primary N) is 1. The molecule has 1 aliphatic heterocycles. The molecule has 1 aromatic carbocycles. The number of aromatic nitrogens is 1. The Morgan fingerprint density at radius 2 is 1.89 bits per heavy atom. The van der Waals surface area contributed by atoms with E-state index < -0.39 is 16.9 Å². The van der Waals surface area contributed by atoms with Crippen molar-refractivity contribution in [1.29, 1.82) is 0 Å². The van der Waals surface area contributed by atoms with Crippen molar-refractivity contribution in [3.63, 3.8) is 0 Å². The molecule has 2 aromatic rings. The summed E-state index contributed by atoms with van der Waals surface area (Å²) in [4.78, 5) is 30.9. The first-order valence-electron chi connectivity index (χ1n) is 8.97. The minimum atomic E-state index is -0.528. The van der Waals surface area contributed by atoms with E-state index in [2.05, 4.69) is 14.8 Å². The Morgan fingerprint density at radius 1 is 1.21 bits per heavy atom. The lowest BCUT2D eigenvalue weighted by Crippen LogP contribution is -2.50. The van der Waals surface area contributed by atoms with Crippen molar-refractivity contribution in [2.24, 2.45) is 5.73 Å². The molecule has 0 radical (unpaired) electrons. The van der Waals surface area contributed by atoms with Gasteiger partial charge in [-0.25, -0.2) is 4.98 Å². The molecule has 1 unspecified atom stereocenters. The van der Waals surface area contributed by atoms with Crippen LogP contribution in [0.4, 0.5) is 5.69 Å². The van der Waals surface area contributed by atoms with E-state index in [0.717, 1.165) is 24.2 Å². The summed E-state index contributed by atoms with van der Waals surface area (Å²) in [5.41, 5.74) is 7.51. The Hall–Kier alpha value is -3.04. The molecule has 1 aliphatic rings. The van der Waals surface area contributed by atoms with E-state index in [4.69, 9.17) is 10.5 Å². The van der Waals surface area contributed by atoms with Crippen LogP contribution in [0, 0.1) is 10.1 Å². The molecule has 0 bridgehead atoms. The highest BCUT2D eigenvalue weighted by atomic mass is 16.6. The molecule has 148 valence electrons. The van der Waals surface area contributed by atoms with Crippen LogP contribution in [0.1, 0.15) is 17.2 Å². The van der Waals surface area contributed by atoms with E-state index in [1.165, 1.54) is 19.2 Å². The number of pyridine rings is 1. The molecule has 0 saturated carbocycles. The molecular weight excluding hydrogens is 362 g/mol. The normalized spacial score (nSPS) is 16.5. The van der Waals surface area contributed by atoms with Crippen molar-refractivity contribution in [2.75, 3.05) is 33.3 Å². The van der Waals surface area contributed by atoms with Gasteiger partial charge in [0.2, 0.25) is 11.8 Å². The lowest BCUT2D eigenvalue weighted by atomic mass is 10.1. The van der Waals surface area contributed by atoms with E-state index in [9.17, 15) is 14.9 Å². The number of ether oxygens (including phenoxy) is 1. The average Bonchev–Trinajstić information content (AvgIpc) is 2.70. The number of piperazine rings is 1. The van der Waals surface area contributed by atoms with Gasteiger partial charge in [0.05, 0.1) is 12.0 Å². The van der Waals surface area contributed by atoms with Crippen molar-refractivity contribution in [3.05, 3.63) is 63.8 Å². The second-order valence-corrected chi connectivity index (χ2v) is 6.67. The molecule has 1 amide bonds. The fraction of sp³-hybridized carbons (Fsp3) is 0.368.